The molecule has 0 unspecified atom stereocenters. The lowest BCUT2D eigenvalue weighted by Gasteiger charge is -2.25. The molecule has 0 saturated heterocycles. The highest BCUT2D eigenvalue weighted by molar-refractivity contribution is 7.90. The zero-order valence-electron chi connectivity index (χ0n) is 16.0. The predicted octanol–water partition coefficient (Wildman–Crippen LogP) is 0.660. The molecular formula is C17H24N4O5S. The van der Waals surface area contributed by atoms with Crippen LogP contribution in [0.3, 0.4) is 0 Å². The van der Waals surface area contributed by atoms with Crippen LogP contribution < -0.4 is 9.86 Å². The number of ether oxygens (including phenoxy) is 1. The third kappa shape index (κ3) is 3.91. The van der Waals surface area contributed by atoms with Crippen molar-refractivity contribution < 1.29 is 17.9 Å². The second kappa shape index (κ2) is 7.97. The number of nitrogens with zero attached hydrogens (tertiary/aromatic N) is 4. The van der Waals surface area contributed by atoms with E-state index < -0.39 is 28.3 Å². The number of para-hydroxylation sites is 1. The van der Waals surface area contributed by atoms with Crippen LogP contribution in [0.25, 0.3) is 5.69 Å². The maximum atomic E-state index is 13.1. The number of hydrogen-bond acceptors (Lipinski definition) is 5. The van der Waals surface area contributed by atoms with E-state index in [0.717, 1.165) is 8.61 Å². The third-order valence-electron chi connectivity index (χ3n) is 4.09. The summed E-state index contributed by atoms with van der Waals surface area (Å²) < 4.78 is 35.2. The van der Waals surface area contributed by atoms with Gasteiger partial charge in [-0.05, 0) is 26.0 Å². The van der Waals surface area contributed by atoms with Crippen LogP contribution in [0.2, 0.25) is 0 Å². The van der Waals surface area contributed by atoms with Gasteiger partial charge >= 0.3 is 16.2 Å². The molecular weight excluding hydrogens is 372 g/mol. The molecule has 0 aliphatic heterocycles. The minimum Gasteiger partial charge on any atom is -0.465 e. The zero-order valence-corrected chi connectivity index (χ0v) is 16.9. The quantitative estimate of drug-likeness (QED) is 0.641. The van der Waals surface area contributed by atoms with Crippen LogP contribution in [0, 0.1) is 6.92 Å². The van der Waals surface area contributed by atoms with E-state index in [1.807, 2.05) is 6.07 Å². The highest BCUT2D eigenvalue weighted by Crippen LogP contribution is 2.22. The minimum atomic E-state index is -4.10. The molecule has 1 aromatic carbocycles. The van der Waals surface area contributed by atoms with Crippen molar-refractivity contribution >= 4 is 21.9 Å². The molecule has 0 aliphatic rings. The summed E-state index contributed by atoms with van der Waals surface area (Å²) >= 11 is 0. The molecule has 0 atom stereocenters. The van der Waals surface area contributed by atoms with Gasteiger partial charge in [-0.3, -0.25) is 14.3 Å². The lowest BCUT2D eigenvalue weighted by atomic mass is 10.3. The second-order valence-electron chi connectivity index (χ2n) is 6.01. The summed E-state index contributed by atoms with van der Waals surface area (Å²) in [6.07, 6.45) is 0. The fourth-order valence-electron chi connectivity index (χ4n) is 2.64. The van der Waals surface area contributed by atoms with Gasteiger partial charge in [0.25, 0.3) is 5.56 Å². The Morgan fingerprint density at radius 1 is 1.19 bits per heavy atom. The van der Waals surface area contributed by atoms with Crippen molar-refractivity contribution in [1.82, 2.24) is 13.7 Å². The largest absolute Gasteiger partial charge is 0.465 e. The average molecular weight is 396 g/mol. The van der Waals surface area contributed by atoms with E-state index in [2.05, 4.69) is 0 Å². The Kier molecular flexibility index (Phi) is 6.11. The first-order valence-electron chi connectivity index (χ1n) is 8.32. The molecule has 0 bridgehead atoms. The number of carbonyl (C=O) groups excluding carboxylic acids is 1. The average Bonchev–Trinajstić information content (AvgIpc) is 2.83. The summed E-state index contributed by atoms with van der Waals surface area (Å²) in [4.78, 5) is 25.1. The second-order valence-corrected chi connectivity index (χ2v) is 8.08. The van der Waals surface area contributed by atoms with Crippen LogP contribution in [0.15, 0.2) is 35.1 Å². The summed E-state index contributed by atoms with van der Waals surface area (Å²) in [5, 5.41) is 0. The summed E-state index contributed by atoms with van der Waals surface area (Å²) in [5.41, 5.74) is 0.343. The van der Waals surface area contributed by atoms with Crippen molar-refractivity contribution in [1.29, 1.82) is 0 Å². The van der Waals surface area contributed by atoms with E-state index in [0.29, 0.717) is 11.4 Å². The third-order valence-corrected chi connectivity index (χ3v) is 5.88. The molecule has 0 amide bonds. The number of anilines is 1. The van der Waals surface area contributed by atoms with Crippen LogP contribution >= 0.6 is 0 Å². The Labute approximate surface area is 158 Å². The van der Waals surface area contributed by atoms with E-state index in [1.54, 1.807) is 49.8 Å². The van der Waals surface area contributed by atoms with E-state index >= 15 is 0 Å². The summed E-state index contributed by atoms with van der Waals surface area (Å²) in [6.45, 7) is 2.76. The summed E-state index contributed by atoms with van der Waals surface area (Å²) in [6, 6.07) is 8.84. The Morgan fingerprint density at radius 2 is 1.78 bits per heavy atom. The Hall–Kier alpha value is -2.59. The molecule has 0 aliphatic carbocycles. The van der Waals surface area contributed by atoms with Gasteiger partial charge in [-0.15, -0.1) is 0 Å². The van der Waals surface area contributed by atoms with Crippen molar-refractivity contribution in [2.75, 3.05) is 31.6 Å². The van der Waals surface area contributed by atoms with Gasteiger partial charge in [-0.2, -0.15) is 12.7 Å². The topological polar surface area (TPSA) is 93.8 Å². The van der Waals surface area contributed by atoms with E-state index in [1.165, 1.54) is 18.8 Å². The van der Waals surface area contributed by atoms with Crippen molar-refractivity contribution in [3.05, 3.63) is 46.4 Å². The first kappa shape index (κ1) is 20.7. The maximum Gasteiger partial charge on any atom is 0.326 e. The summed E-state index contributed by atoms with van der Waals surface area (Å²) in [5.74, 6) is -0.739. The minimum absolute atomic E-state index is 0.0943. The van der Waals surface area contributed by atoms with E-state index in [-0.39, 0.29) is 12.3 Å². The normalized spacial score (nSPS) is 11.6. The first-order chi connectivity index (χ1) is 12.6. The summed E-state index contributed by atoms with van der Waals surface area (Å²) in [7, 11) is 0.224. The van der Waals surface area contributed by atoms with Crippen molar-refractivity contribution in [2.24, 2.45) is 7.05 Å². The molecule has 148 valence electrons. The molecule has 0 saturated carbocycles. The van der Waals surface area contributed by atoms with Crippen molar-refractivity contribution in [3.8, 4) is 5.69 Å². The lowest BCUT2D eigenvalue weighted by Crippen LogP contribution is -2.45. The smallest absolute Gasteiger partial charge is 0.326 e. The molecule has 0 fully saturated rings. The van der Waals surface area contributed by atoms with E-state index in [9.17, 15) is 18.0 Å². The number of rotatable bonds is 7. The molecule has 27 heavy (non-hydrogen) atoms. The van der Waals surface area contributed by atoms with Crippen LogP contribution in [0.5, 0.6) is 0 Å². The van der Waals surface area contributed by atoms with Gasteiger partial charge < -0.3 is 4.74 Å². The maximum absolute atomic E-state index is 13.1. The van der Waals surface area contributed by atoms with Gasteiger partial charge in [0.1, 0.15) is 12.2 Å². The molecule has 9 nitrogen and oxygen atoms in total. The Morgan fingerprint density at radius 3 is 2.30 bits per heavy atom. The van der Waals surface area contributed by atoms with E-state index in [4.69, 9.17) is 4.74 Å². The molecule has 0 N–H and O–H groups in total. The van der Waals surface area contributed by atoms with Crippen molar-refractivity contribution in [2.45, 2.75) is 13.8 Å². The molecule has 1 aromatic heterocycles. The van der Waals surface area contributed by atoms with Gasteiger partial charge in [0.2, 0.25) is 0 Å². The number of aromatic nitrogens is 2. The number of benzene rings is 1. The molecule has 2 rings (SSSR count). The Bertz CT molecular complexity index is 977. The lowest BCUT2D eigenvalue weighted by molar-refractivity contribution is -0.141. The van der Waals surface area contributed by atoms with Gasteiger partial charge in [0.15, 0.2) is 0 Å². The molecule has 10 heteroatoms. The van der Waals surface area contributed by atoms with Crippen molar-refractivity contribution in [3.63, 3.8) is 0 Å². The predicted molar refractivity (Wildman–Crippen MR) is 102 cm³/mol. The SMILES string of the molecule is CCOC(=O)CN(c1c(C)n(C)n(-c2ccccc2)c1=O)S(=O)(=O)N(C)C. The van der Waals surface area contributed by atoms with Crippen LogP contribution in [-0.2, 0) is 26.8 Å². The molecule has 0 spiro atoms. The highest BCUT2D eigenvalue weighted by Gasteiger charge is 2.33. The fourth-order valence-corrected chi connectivity index (χ4v) is 3.74. The van der Waals surface area contributed by atoms with Gasteiger partial charge in [-0.25, -0.2) is 8.99 Å². The Balaban J connectivity index is 2.70. The molecule has 0 radical (unpaired) electrons. The molecule has 2 aromatic rings. The van der Waals surface area contributed by atoms with Crippen LogP contribution in [-0.4, -0.2) is 55.3 Å². The van der Waals surface area contributed by atoms with Gasteiger partial charge in [0.05, 0.1) is 18.0 Å². The number of hydrogen-bond donors (Lipinski definition) is 0. The molecule has 1 heterocycles. The zero-order chi connectivity index (χ0) is 20.4. The highest BCUT2D eigenvalue weighted by atomic mass is 32.2. The van der Waals surface area contributed by atoms with Gasteiger partial charge in [-0.1, -0.05) is 18.2 Å². The number of esters is 1. The number of carbonyl (C=O) groups is 1. The monoisotopic (exact) mass is 396 g/mol. The standard InChI is InChI=1S/C17H24N4O5S/c1-6-26-15(22)12-20(27(24,25)18(3)4)16-13(2)19(5)21(17(16)23)14-10-8-7-9-11-14/h7-11H,6,12H2,1-5H3. The first-order valence-corrected chi connectivity index (χ1v) is 9.72. The van der Waals surface area contributed by atoms with Gasteiger partial charge in [0, 0.05) is 21.1 Å². The fraction of sp³-hybridized carbons (Fsp3) is 0.412. The van der Waals surface area contributed by atoms with Crippen LogP contribution in [0.1, 0.15) is 12.6 Å². The van der Waals surface area contributed by atoms with Crippen LogP contribution in [0.4, 0.5) is 5.69 Å².